The fourth-order valence-corrected chi connectivity index (χ4v) is 4.33. The molecular formula is C13H15ClN2O4S. The SMILES string of the molecule is CO[C@H]1C[C@@H](CO)N(S(=O)(=O)c2ccc(C#N)c(Cl)c2)C1. The minimum Gasteiger partial charge on any atom is -0.395 e. The summed E-state index contributed by atoms with van der Waals surface area (Å²) in [6.45, 7) is -0.0925. The number of nitrogens with zero attached hydrogens (tertiary/aromatic N) is 2. The molecule has 0 aliphatic carbocycles. The Kier molecular flexibility index (Phi) is 4.86. The van der Waals surface area contributed by atoms with Gasteiger partial charge in [-0.15, -0.1) is 0 Å². The van der Waals surface area contributed by atoms with E-state index in [1.807, 2.05) is 6.07 Å². The highest BCUT2D eigenvalue weighted by Gasteiger charge is 2.40. The molecule has 0 bridgehead atoms. The van der Waals surface area contributed by atoms with Crippen LogP contribution in [0.1, 0.15) is 12.0 Å². The molecule has 0 aromatic heterocycles. The van der Waals surface area contributed by atoms with Gasteiger partial charge in [-0.2, -0.15) is 9.57 Å². The first-order valence-electron chi connectivity index (χ1n) is 6.29. The molecule has 114 valence electrons. The average molecular weight is 331 g/mol. The molecule has 2 atom stereocenters. The summed E-state index contributed by atoms with van der Waals surface area (Å²) < 4.78 is 31.7. The number of rotatable bonds is 4. The standard InChI is InChI=1S/C13H15ClN2O4S/c1-20-11-4-10(8-17)16(7-11)21(18,19)12-3-2-9(6-15)13(14)5-12/h2-3,5,10-11,17H,4,7-8H2,1H3/t10-,11-/m0/s1. The number of hydrogen-bond donors (Lipinski definition) is 1. The Morgan fingerprint density at radius 3 is 2.81 bits per heavy atom. The first kappa shape index (κ1) is 16.2. The minimum atomic E-state index is -3.79. The lowest BCUT2D eigenvalue weighted by Gasteiger charge is -2.22. The van der Waals surface area contributed by atoms with Gasteiger partial charge in [-0.3, -0.25) is 0 Å². The molecule has 8 heteroatoms. The topological polar surface area (TPSA) is 90.6 Å². The van der Waals surface area contributed by atoms with Crippen LogP contribution in [0, 0.1) is 11.3 Å². The predicted molar refractivity (Wildman–Crippen MR) is 76.3 cm³/mol. The van der Waals surface area contributed by atoms with Gasteiger partial charge in [0.2, 0.25) is 10.0 Å². The molecular weight excluding hydrogens is 316 g/mol. The Balaban J connectivity index is 2.38. The molecule has 2 rings (SSSR count). The van der Waals surface area contributed by atoms with Crippen molar-refractivity contribution in [3.63, 3.8) is 0 Å². The number of methoxy groups -OCH3 is 1. The van der Waals surface area contributed by atoms with Gasteiger partial charge in [0.15, 0.2) is 0 Å². The third kappa shape index (κ3) is 3.05. The van der Waals surface area contributed by atoms with E-state index in [0.29, 0.717) is 6.42 Å². The van der Waals surface area contributed by atoms with E-state index < -0.39 is 16.1 Å². The Bertz CT molecular complexity index is 671. The van der Waals surface area contributed by atoms with Gasteiger partial charge < -0.3 is 9.84 Å². The largest absolute Gasteiger partial charge is 0.395 e. The minimum absolute atomic E-state index is 0.00158. The van der Waals surface area contributed by atoms with Gasteiger partial charge >= 0.3 is 0 Å². The molecule has 1 heterocycles. The van der Waals surface area contributed by atoms with Crippen LogP contribution in [0.25, 0.3) is 0 Å². The van der Waals surface area contributed by atoms with Crippen LogP contribution >= 0.6 is 11.6 Å². The van der Waals surface area contributed by atoms with Crippen molar-refractivity contribution in [3.05, 3.63) is 28.8 Å². The number of hydrogen-bond acceptors (Lipinski definition) is 5. The van der Waals surface area contributed by atoms with Gasteiger partial charge in [0.05, 0.1) is 34.2 Å². The van der Waals surface area contributed by atoms with E-state index in [-0.39, 0.29) is 34.7 Å². The second-order valence-electron chi connectivity index (χ2n) is 4.76. The lowest BCUT2D eigenvalue weighted by Crippen LogP contribution is -2.38. The molecule has 0 spiro atoms. The zero-order valence-electron chi connectivity index (χ0n) is 11.4. The summed E-state index contributed by atoms with van der Waals surface area (Å²) in [6.07, 6.45) is 0.196. The van der Waals surface area contributed by atoms with Crippen molar-refractivity contribution < 1.29 is 18.3 Å². The van der Waals surface area contributed by atoms with Crippen LogP contribution in [0.3, 0.4) is 0 Å². The van der Waals surface area contributed by atoms with Crippen LogP contribution in [0.2, 0.25) is 5.02 Å². The molecule has 1 aromatic rings. The molecule has 1 aliphatic heterocycles. The third-order valence-corrected chi connectivity index (χ3v) is 5.76. The smallest absolute Gasteiger partial charge is 0.243 e. The van der Waals surface area contributed by atoms with E-state index in [9.17, 15) is 13.5 Å². The molecule has 6 nitrogen and oxygen atoms in total. The maximum absolute atomic E-state index is 12.6. The number of ether oxygens (including phenoxy) is 1. The number of aliphatic hydroxyl groups is 1. The first-order valence-corrected chi connectivity index (χ1v) is 8.11. The summed E-state index contributed by atoms with van der Waals surface area (Å²) in [7, 11) is -2.28. The van der Waals surface area contributed by atoms with Gasteiger partial charge in [-0.05, 0) is 24.6 Å². The van der Waals surface area contributed by atoms with Gasteiger partial charge in [0.25, 0.3) is 0 Å². The van der Waals surface area contributed by atoms with Gasteiger partial charge in [-0.25, -0.2) is 8.42 Å². The second kappa shape index (κ2) is 6.30. The van der Waals surface area contributed by atoms with E-state index in [1.54, 1.807) is 0 Å². The highest BCUT2D eigenvalue weighted by atomic mass is 35.5. The average Bonchev–Trinajstić information content (AvgIpc) is 2.91. The molecule has 0 unspecified atom stereocenters. The van der Waals surface area contributed by atoms with E-state index in [4.69, 9.17) is 21.6 Å². The van der Waals surface area contributed by atoms with Crippen molar-refractivity contribution in [2.24, 2.45) is 0 Å². The second-order valence-corrected chi connectivity index (χ2v) is 7.06. The molecule has 21 heavy (non-hydrogen) atoms. The molecule has 0 saturated carbocycles. The molecule has 1 fully saturated rings. The maximum atomic E-state index is 12.6. The van der Waals surface area contributed by atoms with Crippen LogP contribution in [0.5, 0.6) is 0 Å². The zero-order chi connectivity index (χ0) is 15.6. The number of nitriles is 1. The summed E-state index contributed by atoms with van der Waals surface area (Å²) in [5.41, 5.74) is 0.213. The predicted octanol–water partition coefficient (Wildman–Crippen LogP) is 0.982. The Morgan fingerprint density at radius 2 is 2.29 bits per heavy atom. The normalized spacial score (nSPS) is 23.1. The number of halogens is 1. The zero-order valence-corrected chi connectivity index (χ0v) is 12.9. The van der Waals surface area contributed by atoms with Gasteiger partial charge in [-0.1, -0.05) is 11.6 Å². The van der Waals surface area contributed by atoms with E-state index in [1.165, 1.54) is 29.6 Å². The number of aliphatic hydroxyl groups excluding tert-OH is 1. The summed E-state index contributed by atoms with van der Waals surface area (Å²) >= 11 is 5.89. The lowest BCUT2D eigenvalue weighted by molar-refractivity contribution is 0.113. The van der Waals surface area contributed by atoms with Crippen LogP contribution in [0.4, 0.5) is 0 Å². The highest BCUT2D eigenvalue weighted by molar-refractivity contribution is 7.89. The van der Waals surface area contributed by atoms with Gasteiger partial charge in [0.1, 0.15) is 6.07 Å². The van der Waals surface area contributed by atoms with Crippen molar-refractivity contribution in [3.8, 4) is 6.07 Å². The van der Waals surface area contributed by atoms with Crippen molar-refractivity contribution in [2.45, 2.75) is 23.5 Å². The van der Waals surface area contributed by atoms with Crippen LogP contribution < -0.4 is 0 Å². The quantitative estimate of drug-likeness (QED) is 0.888. The summed E-state index contributed by atoms with van der Waals surface area (Å²) in [6, 6.07) is 5.32. The molecule has 1 N–H and O–H groups in total. The Morgan fingerprint density at radius 1 is 1.57 bits per heavy atom. The fraction of sp³-hybridized carbons (Fsp3) is 0.462. The number of benzene rings is 1. The lowest BCUT2D eigenvalue weighted by atomic mass is 10.2. The molecule has 1 saturated heterocycles. The van der Waals surface area contributed by atoms with Crippen molar-refractivity contribution in [2.75, 3.05) is 20.3 Å². The molecule has 1 aromatic carbocycles. The summed E-state index contributed by atoms with van der Waals surface area (Å²) in [4.78, 5) is 0.00158. The summed E-state index contributed by atoms with van der Waals surface area (Å²) in [5, 5.41) is 18.3. The highest BCUT2D eigenvalue weighted by Crippen LogP contribution is 2.29. The van der Waals surface area contributed by atoms with E-state index >= 15 is 0 Å². The Labute approximate surface area is 128 Å². The third-order valence-electron chi connectivity index (χ3n) is 3.54. The summed E-state index contributed by atoms with van der Waals surface area (Å²) in [5.74, 6) is 0. The van der Waals surface area contributed by atoms with Crippen LogP contribution in [0.15, 0.2) is 23.1 Å². The fourth-order valence-electron chi connectivity index (χ4n) is 2.36. The first-order chi connectivity index (χ1) is 9.93. The Hall–Kier alpha value is -1.17. The molecule has 1 aliphatic rings. The molecule has 0 radical (unpaired) electrons. The van der Waals surface area contributed by atoms with Crippen molar-refractivity contribution in [1.29, 1.82) is 5.26 Å². The molecule has 0 amide bonds. The van der Waals surface area contributed by atoms with Crippen LogP contribution in [-0.2, 0) is 14.8 Å². The van der Waals surface area contributed by atoms with Crippen molar-refractivity contribution in [1.82, 2.24) is 4.31 Å². The number of sulfonamides is 1. The van der Waals surface area contributed by atoms with Crippen molar-refractivity contribution >= 4 is 21.6 Å². The van der Waals surface area contributed by atoms with E-state index in [0.717, 1.165) is 0 Å². The van der Waals surface area contributed by atoms with Gasteiger partial charge in [0, 0.05) is 13.7 Å². The van der Waals surface area contributed by atoms with E-state index in [2.05, 4.69) is 0 Å². The monoisotopic (exact) mass is 330 g/mol. The van der Waals surface area contributed by atoms with Crippen LogP contribution in [-0.4, -0.2) is 50.2 Å². The maximum Gasteiger partial charge on any atom is 0.243 e.